The Morgan fingerprint density at radius 1 is 1.17 bits per heavy atom. The van der Waals surface area contributed by atoms with E-state index < -0.39 is 13.3 Å². The van der Waals surface area contributed by atoms with Crippen LogP contribution in [0.4, 0.5) is 4.79 Å². The van der Waals surface area contributed by atoms with Gasteiger partial charge >= 0.3 is 6.09 Å². The molecule has 5 heteroatoms. The van der Waals surface area contributed by atoms with Crippen molar-refractivity contribution in [1.29, 1.82) is 0 Å². The lowest BCUT2D eigenvalue weighted by atomic mass is 9.75. The third-order valence-electron chi connectivity index (χ3n) is 5.92. The van der Waals surface area contributed by atoms with Crippen LogP contribution < -0.4 is 0 Å². The summed E-state index contributed by atoms with van der Waals surface area (Å²) >= 11 is 0. The fourth-order valence-electron chi connectivity index (χ4n) is 4.71. The van der Waals surface area contributed by atoms with E-state index in [1.807, 2.05) is 18.2 Å². The van der Waals surface area contributed by atoms with Gasteiger partial charge in [0, 0.05) is 11.8 Å². The topological polar surface area (TPSA) is 49.8 Å². The number of hydrogen-bond donors (Lipinski definition) is 1. The third-order valence-corrected chi connectivity index (χ3v) is 9.08. The first-order valence-corrected chi connectivity index (χ1v) is 12.1. The summed E-state index contributed by atoms with van der Waals surface area (Å²) in [7, 11) is -0.551. The van der Waals surface area contributed by atoms with Gasteiger partial charge in [-0.25, -0.2) is 4.79 Å². The summed E-state index contributed by atoms with van der Waals surface area (Å²) in [6.45, 7) is 8.72. The Balaban J connectivity index is 2.18. The number of hydrogen-bond acceptors (Lipinski definition) is 3. The highest BCUT2D eigenvalue weighted by atomic mass is 28.3. The standard InChI is InChI=1S/C19H27NO3Si/c1-13-15-11-12-16(20(15)18(21)23-2)17(14-9-7-6-8-10-14)19(13,22)24(3,4)5/h6-13,15-17,22H,1-5H3/t13-,15+,16-,17+,19+/m1/s1. The Kier molecular flexibility index (Phi) is 4.12. The van der Waals surface area contributed by atoms with Crippen LogP contribution in [0.2, 0.25) is 19.6 Å². The summed E-state index contributed by atoms with van der Waals surface area (Å²) in [5.74, 6) is -0.196. The van der Waals surface area contributed by atoms with E-state index in [0.717, 1.165) is 5.56 Å². The van der Waals surface area contributed by atoms with Crippen LogP contribution in [0.1, 0.15) is 18.4 Å². The van der Waals surface area contributed by atoms with E-state index in [-0.39, 0.29) is 30.0 Å². The molecule has 1 amide bonds. The maximum Gasteiger partial charge on any atom is 0.410 e. The van der Waals surface area contributed by atoms with E-state index in [2.05, 4.69) is 50.8 Å². The molecule has 130 valence electrons. The SMILES string of the molecule is COC(=O)N1[C@@H]2C=C[C@H]1[C@@H](C)[C@](O)([Si](C)(C)C)[C@H]2c1ccccc1. The lowest BCUT2D eigenvalue weighted by Crippen LogP contribution is -2.71. The van der Waals surface area contributed by atoms with Crippen LogP contribution in [-0.2, 0) is 4.74 Å². The van der Waals surface area contributed by atoms with E-state index >= 15 is 0 Å². The monoisotopic (exact) mass is 345 g/mol. The minimum Gasteiger partial charge on any atom is -0.453 e. The van der Waals surface area contributed by atoms with E-state index in [9.17, 15) is 9.90 Å². The largest absolute Gasteiger partial charge is 0.453 e. The van der Waals surface area contributed by atoms with Crippen LogP contribution in [0.15, 0.2) is 42.5 Å². The van der Waals surface area contributed by atoms with E-state index in [1.54, 1.807) is 4.90 Å². The first kappa shape index (κ1) is 17.2. The maximum atomic E-state index is 12.4. The number of carbonyl (C=O) groups is 1. The second-order valence-electron chi connectivity index (χ2n) is 8.00. The molecular formula is C19H27NO3Si. The average molecular weight is 346 g/mol. The summed E-state index contributed by atoms with van der Waals surface area (Å²) in [6.07, 6.45) is 3.83. The number of methoxy groups -OCH3 is 1. The molecule has 5 atom stereocenters. The van der Waals surface area contributed by atoms with Crippen molar-refractivity contribution in [3.05, 3.63) is 48.0 Å². The molecule has 0 aliphatic carbocycles. The third kappa shape index (κ3) is 2.25. The van der Waals surface area contributed by atoms with E-state index in [4.69, 9.17) is 4.74 Å². The first-order valence-electron chi connectivity index (χ1n) is 8.55. The molecule has 3 rings (SSSR count). The minimum absolute atomic E-state index is 0.0523. The van der Waals surface area contributed by atoms with Crippen LogP contribution in [0.5, 0.6) is 0 Å². The summed E-state index contributed by atoms with van der Waals surface area (Å²) in [5.41, 5.74) is 1.08. The molecule has 0 radical (unpaired) electrons. The summed E-state index contributed by atoms with van der Waals surface area (Å²) < 4.78 is 5.03. The lowest BCUT2D eigenvalue weighted by Gasteiger charge is -2.58. The van der Waals surface area contributed by atoms with Crippen molar-refractivity contribution < 1.29 is 14.6 Å². The van der Waals surface area contributed by atoms with Crippen molar-refractivity contribution in [1.82, 2.24) is 4.90 Å². The predicted molar refractivity (Wildman–Crippen MR) is 97.6 cm³/mol. The molecular weight excluding hydrogens is 318 g/mol. The Morgan fingerprint density at radius 2 is 1.75 bits per heavy atom. The molecule has 4 nitrogen and oxygen atoms in total. The van der Waals surface area contributed by atoms with Gasteiger partial charge in [0.2, 0.25) is 0 Å². The van der Waals surface area contributed by atoms with Gasteiger partial charge in [0.25, 0.3) is 0 Å². The summed E-state index contributed by atoms with van der Waals surface area (Å²) in [6, 6.07) is 9.82. The number of benzene rings is 1. The van der Waals surface area contributed by atoms with Crippen molar-refractivity contribution >= 4 is 14.2 Å². The molecule has 2 aliphatic rings. The van der Waals surface area contributed by atoms with Gasteiger partial charge in [0.05, 0.1) is 32.5 Å². The number of rotatable bonds is 2. The van der Waals surface area contributed by atoms with Crippen LogP contribution >= 0.6 is 0 Å². The zero-order valence-corrected chi connectivity index (χ0v) is 16.1. The predicted octanol–water partition coefficient (Wildman–Crippen LogP) is 3.40. The zero-order chi connectivity index (χ0) is 17.7. The van der Waals surface area contributed by atoms with Gasteiger partial charge in [0.1, 0.15) is 0 Å². The summed E-state index contributed by atoms with van der Waals surface area (Å²) in [5, 5.41) is 11.2. The quantitative estimate of drug-likeness (QED) is 0.660. The zero-order valence-electron chi connectivity index (χ0n) is 15.1. The van der Waals surface area contributed by atoms with Gasteiger partial charge in [-0.1, -0.05) is 69.0 Å². The molecule has 0 unspecified atom stereocenters. The van der Waals surface area contributed by atoms with Gasteiger partial charge < -0.3 is 9.84 Å². The van der Waals surface area contributed by atoms with Crippen molar-refractivity contribution in [3.63, 3.8) is 0 Å². The van der Waals surface area contributed by atoms with Crippen molar-refractivity contribution in [2.75, 3.05) is 7.11 Å². The molecule has 2 bridgehead atoms. The molecule has 1 N–H and O–H groups in total. The van der Waals surface area contributed by atoms with Crippen molar-refractivity contribution in [2.45, 2.75) is 49.8 Å². The van der Waals surface area contributed by atoms with Crippen LogP contribution in [0, 0.1) is 5.92 Å². The van der Waals surface area contributed by atoms with Crippen LogP contribution in [0.3, 0.4) is 0 Å². The molecule has 1 aromatic carbocycles. The molecule has 2 aliphatic heterocycles. The normalized spacial score (nSPS) is 35.2. The lowest BCUT2D eigenvalue weighted by molar-refractivity contribution is -0.0538. The Morgan fingerprint density at radius 3 is 2.29 bits per heavy atom. The Labute approximate surface area is 145 Å². The second-order valence-corrected chi connectivity index (χ2v) is 13.3. The van der Waals surface area contributed by atoms with E-state index in [1.165, 1.54) is 7.11 Å². The fraction of sp³-hybridized carbons (Fsp3) is 0.526. The first-order chi connectivity index (χ1) is 11.2. The molecule has 2 heterocycles. The number of piperidine rings is 1. The average Bonchev–Trinajstić information content (AvgIpc) is 2.92. The summed E-state index contributed by atoms with van der Waals surface area (Å²) in [4.78, 5) is 14.2. The fourth-order valence-corrected chi connectivity index (χ4v) is 7.51. The van der Waals surface area contributed by atoms with Crippen LogP contribution in [0.25, 0.3) is 0 Å². The Bertz CT molecular complexity index is 654. The maximum absolute atomic E-state index is 12.4. The number of fused-ring (bicyclic) bond motifs is 2. The highest BCUT2D eigenvalue weighted by molar-refractivity contribution is 6.79. The highest BCUT2D eigenvalue weighted by Crippen LogP contribution is 2.53. The molecule has 1 saturated heterocycles. The van der Waals surface area contributed by atoms with Crippen LogP contribution in [-0.4, -0.2) is 48.6 Å². The molecule has 0 saturated carbocycles. The molecule has 1 fully saturated rings. The molecule has 1 aromatic rings. The molecule has 0 aromatic heterocycles. The van der Waals surface area contributed by atoms with Gasteiger partial charge in [-0.15, -0.1) is 0 Å². The highest BCUT2D eigenvalue weighted by Gasteiger charge is 2.63. The Hall–Kier alpha value is -1.59. The second kappa shape index (κ2) is 5.74. The number of nitrogens with zero attached hydrogens (tertiary/aromatic N) is 1. The molecule has 24 heavy (non-hydrogen) atoms. The van der Waals surface area contributed by atoms with Gasteiger partial charge in [-0.05, 0) is 5.56 Å². The van der Waals surface area contributed by atoms with Crippen molar-refractivity contribution in [3.8, 4) is 0 Å². The number of carbonyl (C=O) groups excluding carboxylic acids is 1. The number of aliphatic hydroxyl groups is 1. The minimum atomic E-state index is -1.97. The van der Waals surface area contributed by atoms with Gasteiger partial charge in [-0.3, -0.25) is 4.90 Å². The van der Waals surface area contributed by atoms with Gasteiger partial charge in [0.15, 0.2) is 0 Å². The number of amides is 1. The smallest absolute Gasteiger partial charge is 0.410 e. The van der Waals surface area contributed by atoms with Crippen molar-refractivity contribution in [2.24, 2.45) is 5.92 Å². The van der Waals surface area contributed by atoms with E-state index in [0.29, 0.717) is 0 Å². The number of ether oxygens (including phenoxy) is 1. The molecule has 0 spiro atoms. The van der Waals surface area contributed by atoms with Gasteiger partial charge in [-0.2, -0.15) is 0 Å².